The first-order chi connectivity index (χ1) is 6.49. The van der Waals surface area contributed by atoms with Crippen molar-refractivity contribution in [1.82, 2.24) is 0 Å². The lowest BCUT2D eigenvalue weighted by atomic mass is 9.85. The molecule has 0 spiro atoms. The van der Waals surface area contributed by atoms with Gasteiger partial charge in [0.1, 0.15) is 11.7 Å². The highest BCUT2D eigenvalue weighted by Crippen LogP contribution is 2.39. The zero-order valence-corrected chi connectivity index (χ0v) is 9.34. The Morgan fingerprint density at radius 2 is 2.07 bits per heavy atom. The van der Waals surface area contributed by atoms with Crippen molar-refractivity contribution < 1.29 is 14.2 Å². The Kier molecular flexibility index (Phi) is 2.58. The minimum Gasteiger partial charge on any atom is -0.376 e. The van der Waals surface area contributed by atoms with Crippen molar-refractivity contribution >= 4 is 0 Å². The van der Waals surface area contributed by atoms with Crippen LogP contribution in [0, 0.1) is 5.41 Å². The van der Waals surface area contributed by atoms with Gasteiger partial charge < -0.3 is 14.2 Å². The van der Waals surface area contributed by atoms with Crippen LogP contribution in [0.2, 0.25) is 0 Å². The maximum atomic E-state index is 5.58. The normalized spacial score (nSPS) is 35.8. The maximum absolute atomic E-state index is 5.58. The van der Waals surface area contributed by atoms with Crippen molar-refractivity contribution in [2.45, 2.75) is 38.9 Å². The van der Waals surface area contributed by atoms with Crippen molar-refractivity contribution in [2.75, 3.05) is 26.4 Å². The van der Waals surface area contributed by atoms with Gasteiger partial charge in [-0.1, -0.05) is 20.8 Å². The first kappa shape index (κ1) is 10.4. The fourth-order valence-corrected chi connectivity index (χ4v) is 1.85. The molecule has 0 bridgehead atoms. The number of ether oxygens (including phenoxy) is 3. The van der Waals surface area contributed by atoms with Gasteiger partial charge in [-0.05, 0) is 11.8 Å². The molecule has 2 heterocycles. The number of hydrogen-bond donors (Lipinski definition) is 0. The monoisotopic (exact) mass is 200 g/mol. The molecule has 14 heavy (non-hydrogen) atoms. The van der Waals surface area contributed by atoms with Crippen molar-refractivity contribution in [1.29, 1.82) is 0 Å². The van der Waals surface area contributed by atoms with Crippen LogP contribution in [-0.4, -0.2) is 38.1 Å². The fraction of sp³-hybridized carbons (Fsp3) is 1.00. The zero-order chi connectivity index (χ0) is 10.2. The molecule has 0 aromatic carbocycles. The lowest BCUT2D eigenvalue weighted by molar-refractivity contribution is 0.0517. The van der Waals surface area contributed by atoms with E-state index in [-0.39, 0.29) is 5.60 Å². The van der Waals surface area contributed by atoms with Gasteiger partial charge in [-0.15, -0.1) is 0 Å². The third kappa shape index (κ3) is 3.23. The molecule has 2 rings (SSSR count). The van der Waals surface area contributed by atoms with Gasteiger partial charge in [-0.3, -0.25) is 0 Å². The highest BCUT2D eigenvalue weighted by molar-refractivity contribution is 4.95. The van der Waals surface area contributed by atoms with Crippen LogP contribution in [0.3, 0.4) is 0 Å². The molecule has 2 aliphatic rings. The van der Waals surface area contributed by atoms with Crippen molar-refractivity contribution in [3.63, 3.8) is 0 Å². The van der Waals surface area contributed by atoms with Gasteiger partial charge in [0.05, 0.1) is 26.4 Å². The molecule has 82 valence electrons. The molecule has 2 unspecified atom stereocenters. The summed E-state index contributed by atoms with van der Waals surface area (Å²) >= 11 is 0. The molecule has 0 amide bonds. The second-order valence-electron chi connectivity index (χ2n) is 5.68. The quantitative estimate of drug-likeness (QED) is 0.632. The molecule has 2 saturated heterocycles. The van der Waals surface area contributed by atoms with E-state index in [4.69, 9.17) is 14.2 Å². The number of hydrogen-bond acceptors (Lipinski definition) is 3. The Balaban J connectivity index is 1.67. The van der Waals surface area contributed by atoms with Gasteiger partial charge in [0.15, 0.2) is 0 Å². The van der Waals surface area contributed by atoms with E-state index in [1.165, 1.54) is 0 Å². The Hall–Kier alpha value is -0.120. The summed E-state index contributed by atoms with van der Waals surface area (Å²) in [6, 6.07) is 0. The average Bonchev–Trinajstić information content (AvgIpc) is 2.84. The molecular formula is C11H20O3. The Bertz CT molecular complexity index is 199. The van der Waals surface area contributed by atoms with Gasteiger partial charge in [0.2, 0.25) is 0 Å². The van der Waals surface area contributed by atoms with Crippen LogP contribution in [-0.2, 0) is 14.2 Å². The third-order valence-corrected chi connectivity index (χ3v) is 2.48. The number of epoxide rings is 2. The predicted octanol–water partition coefficient (Wildman–Crippen LogP) is 1.61. The summed E-state index contributed by atoms with van der Waals surface area (Å²) in [5, 5.41) is 0. The standard InChI is InChI=1S/C11H20O3/c1-10(2,3)6-11(8-14-11)7-12-4-9-5-13-9/h9H,4-8H2,1-3H3. The summed E-state index contributed by atoms with van der Waals surface area (Å²) in [5.41, 5.74) is 0.336. The van der Waals surface area contributed by atoms with Gasteiger partial charge in [0, 0.05) is 0 Å². The minimum atomic E-state index is 0.0210. The smallest absolute Gasteiger partial charge is 0.115 e. The van der Waals surface area contributed by atoms with E-state index < -0.39 is 0 Å². The second-order valence-corrected chi connectivity index (χ2v) is 5.68. The lowest BCUT2D eigenvalue weighted by Gasteiger charge is -2.23. The van der Waals surface area contributed by atoms with Gasteiger partial charge in [-0.2, -0.15) is 0 Å². The Morgan fingerprint density at radius 3 is 2.50 bits per heavy atom. The largest absolute Gasteiger partial charge is 0.376 e. The zero-order valence-electron chi connectivity index (χ0n) is 9.34. The topological polar surface area (TPSA) is 34.3 Å². The summed E-state index contributed by atoms with van der Waals surface area (Å²) in [4.78, 5) is 0. The molecule has 2 fully saturated rings. The molecule has 3 heteroatoms. The van der Waals surface area contributed by atoms with Crippen molar-refractivity contribution in [3.8, 4) is 0 Å². The first-order valence-corrected chi connectivity index (χ1v) is 5.33. The minimum absolute atomic E-state index is 0.0210. The van der Waals surface area contributed by atoms with Crippen LogP contribution < -0.4 is 0 Å². The van der Waals surface area contributed by atoms with Gasteiger partial charge >= 0.3 is 0 Å². The average molecular weight is 200 g/mol. The van der Waals surface area contributed by atoms with Crippen LogP contribution >= 0.6 is 0 Å². The summed E-state index contributed by atoms with van der Waals surface area (Å²) in [6.45, 7) is 9.89. The van der Waals surface area contributed by atoms with Crippen LogP contribution in [0.4, 0.5) is 0 Å². The van der Waals surface area contributed by atoms with Gasteiger partial charge in [-0.25, -0.2) is 0 Å². The highest BCUT2D eigenvalue weighted by Gasteiger charge is 2.47. The van der Waals surface area contributed by atoms with Crippen LogP contribution in [0.5, 0.6) is 0 Å². The number of rotatable bonds is 5. The van der Waals surface area contributed by atoms with Crippen molar-refractivity contribution in [3.05, 3.63) is 0 Å². The van der Waals surface area contributed by atoms with E-state index in [2.05, 4.69) is 20.8 Å². The van der Waals surface area contributed by atoms with E-state index in [1.54, 1.807) is 0 Å². The Labute approximate surface area is 85.7 Å². The molecule has 0 aliphatic carbocycles. The van der Waals surface area contributed by atoms with Crippen molar-refractivity contribution in [2.24, 2.45) is 5.41 Å². The maximum Gasteiger partial charge on any atom is 0.115 e. The molecule has 0 radical (unpaired) electrons. The first-order valence-electron chi connectivity index (χ1n) is 5.33. The second kappa shape index (κ2) is 3.47. The van der Waals surface area contributed by atoms with E-state index in [0.29, 0.717) is 11.5 Å². The summed E-state index contributed by atoms with van der Waals surface area (Å²) < 4.78 is 16.2. The lowest BCUT2D eigenvalue weighted by Crippen LogP contribution is -2.27. The summed E-state index contributed by atoms with van der Waals surface area (Å²) in [5.74, 6) is 0. The molecule has 0 aromatic heterocycles. The van der Waals surface area contributed by atoms with Crippen LogP contribution in [0.25, 0.3) is 0 Å². The molecule has 3 nitrogen and oxygen atoms in total. The molecule has 0 aromatic rings. The fourth-order valence-electron chi connectivity index (χ4n) is 1.85. The molecular weight excluding hydrogens is 180 g/mol. The molecule has 2 atom stereocenters. The van der Waals surface area contributed by atoms with E-state index >= 15 is 0 Å². The van der Waals surface area contributed by atoms with Crippen LogP contribution in [0.15, 0.2) is 0 Å². The molecule has 0 N–H and O–H groups in total. The molecule has 0 saturated carbocycles. The SMILES string of the molecule is CC(C)(C)CC1(COCC2CO2)CO1. The van der Waals surface area contributed by atoms with E-state index in [9.17, 15) is 0 Å². The van der Waals surface area contributed by atoms with E-state index in [1.807, 2.05) is 0 Å². The van der Waals surface area contributed by atoms with Crippen LogP contribution in [0.1, 0.15) is 27.2 Å². The predicted molar refractivity (Wildman–Crippen MR) is 53.3 cm³/mol. The van der Waals surface area contributed by atoms with E-state index in [0.717, 1.165) is 32.8 Å². The highest BCUT2D eigenvalue weighted by atomic mass is 16.6. The third-order valence-electron chi connectivity index (χ3n) is 2.48. The van der Waals surface area contributed by atoms with Gasteiger partial charge in [0.25, 0.3) is 0 Å². The Morgan fingerprint density at radius 1 is 1.43 bits per heavy atom. The summed E-state index contributed by atoms with van der Waals surface area (Å²) in [7, 11) is 0. The summed E-state index contributed by atoms with van der Waals surface area (Å²) in [6.07, 6.45) is 1.44. The molecule has 2 aliphatic heterocycles.